The molecule has 28 heavy (non-hydrogen) atoms. The van der Waals surface area contributed by atoms with E-state index in [0.29, 0.717) is 11.3 Å². The van der Waals surface area contributed by atoms with Crippen LogP contribution in [-0.4, -0.2) is 23.6 Å². The van der Waals surface area contributed by atoms with Crippen LogP contribution in [0.15, 0.2) is 24.3 Å². The lowest BCUT2D eigenvalue weighted by Gasteiger charge is -2.46. The average molecular weight is 422 g/mol. The van der Waals surface area contributed by atoms with Crippen LogP contribution in [-0.2, 0) is 0 Å². The Morgan fingerprint density at radius 3 is 1.57 bits per heavy atom. The van der Waals surface area contributed by atoms with E-state index in [1.165, 1.54) is 50.7 Å². The highest BCUT2D eigenvalue weighted by atomic mass is 31.2. The highest BCUT2D eigenvalue weighted by molar-refractivity contribution is 7.85. The molecule has 7 heteroatoms. The zero-order valence-corrected chi connectivity index (χ0v) is 16.9. The minimum atomic E-state index is -5.74. The molecule has 0 bridgehead atoms. The molecule has 0 heterocycles. The second-order valence-electron chi connectivity index (χ2n) is 8.12. The van der Waals surface area contributed by atoms with Gasteiger partial charge in [-0.1, -0.05) is 20.1 Å². The van der Waals surface area contributed by atoms with Crippen LogP contribution in [0.4, 0.5) is 22.0 Å². The topological polar surface area (TPSA) is 9.23 Å². The highest BCUT2D eigenvalue weighted by Crippen LogP contribution is 2.70. The standard InChI is InChI=1S/C21H28F5OP/c1-28(17-8-4-2-5-9-17,18-10-6-3-7-11-18)19-14-12-16(13-15-19)27-21(25,26)20(22,23)24/h12-15,17-18H,1-11H2. The third kappa shape index (κ3) is 4.47. The van der Waals surface area contributed by atoms with Gasteiger partial charge in [0.25, 0.3) is 0 Å². The second-order valence-corrected chi connectivity index (χ2v) is 12.0. The first-order valence-electron chi connectivity index (χ1n) is 10.1. The minimum Gasteiger partial charge on any atom is -0.426 e. The SMILES string of the molecule is [CH2-][P+](c1ccc(OC(F)(F)C(F)(F)F)cc1)(C1CCCCC1)C1CCCCC1. The molecule has 2 aliphatic rings. The van der Waals surface area contributed by atoms with E-state index in [1.54, 1.807) is 12.1 Å². The second kappa shape index (κ2) is 8.45. The summed E-state index contributed by atoms with van der Waals surface area (Å²) in [7, 11) is -1.79. The molecule has 0 saturated heterocycles. The van der Waals surface area contributed by atoms with Gasteiger partial charge in [-0.15, -0.1) is 0 Å². The number of hydrogen-bond acceptors (Lipinski definition) is 1. The van der Waals surface area contributed by atoms with Crippen molar-refractivity contribution in [2.75, 3.05) is 0 Å². The number of ether oxygens (including phenoxy) is 1. The zero-order chi connectivity index (χ0) is 20.4. The normalized spacial score (nSPS) is 20.9. The van der Waals surface area contributed by atoms with E-state index in [1.807, 2.05) is 0 Å². The van der Waals surface area contributed by atoms with Gasteiger partial charge in [0, 0.05) is 11.3 Å². The largest absolute Gasteiger partial charge is 0.499 e. The Hall–Kier alpha value is -0.900. The molecule has 0 aromatic heterocycles. The summed E-state index contributed by atoms with van der Waals surface area (Å²) in [6, 6.07) is 5.87. The third-order valence-corrected chi connectivity index (χ3v) is 11.2. The summed E-state index contributed by atoms with van der Waals surface area (Å²) in [5, 5.41) is 1.04. The zero-order valence-electron chi connectivity index (χ0n) is 16.0. The first-order chi connectivity index (χ1) is 13.1. The first kappa shape index (κ1) is 21.8. The van der Waals surface area contributed by atoms with E-state index in [2.05, 4.69) is 4.74 Å². The Balaban J connectivity index is 1.86. The summed E-state index contributed by atoms with van der Waals surface area (Å²) in [6.45, 7) is 4.77. The molecule has 2 aliphatic carbocycles. The average Bonchev–Trinajstić information content (AvgIpc) is 2.68. The van der Waals surface area contributed by atoms with Crippen LogP contribution < -0.4 is 10.0 Å². The molecule has 2 fully saturated rings. The van der Waals surface area contributed by atoms with Crippen LogP contribution in [0.1, 0.15) is 64.2 Å². The summed E-state index contributed by atoms with van der Waals surface area (Å²) < 4.78 is 67.5. The van der Waals surface area contributed by atoms with Crippen LogP contribution in [0, 0.1) is 6.66 Å². The Morgan fingerprint density at radius 1 is 0.750 bits per heavy atom. The lowest BCUT2D eigenvalue weighted by Crippen LogP contribution is -2.41. The molecular weight excluding hydrogens is 394 g/mol. The summed E-state index contributed by atoms with van der Waals surface area (Å²) in [6.07, 6.45) is 0.840. The number of rotatable bonds is 5. The molecule has 0 unspecified atom stereocenters. The molecule has 0 radical (unpaired) electrons. The Labute approximate surface area is 164 Å². The maximum absolute atomic E-state index is 13.2. The fraction of sp³-hybridized carbons (Fsp3) is 0.667. The Bertz CT molecular complexity index is 613. The monoisotopic (exact) mass is 422 g/mol. The van der Waals surface area contributed by atoms with Crippen molar-refractivity contribution in [3.05, 3.63) is 30.9 Å². The summed E-state index contributed by atoms with van der Waals surface area (Å²) in [4.78, 5) is 0. The predicted octanol–water partition coefficient (Wildman–Crippen LogP) is 7.32. The molecule has 1 aromatic rings. The summed E-state index contributed by atoms with van der Waals surface area (Å²) in [5.41, 5.74) is 1.04. The number of benzene rings is 1. The van der Waals surface area contributed by atoms with Gasteiger partial charge in [-0.05, 0) is 75.6 Å². The number of alkyl halides is 5. The van der Waals surface area contributed by atoms with Crippen molar-refractivity contribution >= 4 is 12.6 Å². The van der Waals surface area contributed by atoms with Gasteiger partial charge >= 0.3 is 12.3 Å². The van der Waals surface area contributed by atoms with Crippen molar-refractivity contribution in [2.24, 2.45) is 0 Å². The van der Waals surface area contributed by atoms with Gasteiger partial charge in [-0.25, -0.2) is 0 Å². The summed E-state index contributed by atoms with van der Waals surface area (Å²) in [5.74, 6) is -0.468. The molecule has 0 atom stereocenters. The van der Waals surface area contributed by atoms with E-state index in [9.17, 15) is 22.0 Å². The van der Waals surface area contributed by atoms with Crippen molar-refractivity contribution in [3.8, 4) is 5.75 Å². The Morgan fingerprint density at radius 2 is 1.18 bits per heavy atom. The van der Waals surface area contributed by atoms with Crippen molar-refractivity contribution < 1.29 is 26.7 Å². The van der Waals surface area contributed by atoms with Crippen LogP contribution in [0.25, 0.3) is 0 Å². The molecule has 3 rings (SSSR count). The lowest BCUT2D eigenvalue weighted by atomic mass is 9.99. The molecule has 1 nitrogen and oxygen atoms in total. The van der Waals surface area contributed by atoms with Gasteiger partial charge in [0.15, 0.2) is 0 Å². The van der Waals surface area contributed by atoms with Gasteiger partial charge in [-0.3, -0.25) is 0 Å². The number of hydrogen-bond donors (Lipinski definition) is 0. The van der Waals surface area contributed by atoms with E-state index in [4.69, 9.17) is 6.66 Å². The van der Waals surface area contributed by atoms with Crippen LogP contribution in [0.2, 0.25) is 0 Å². The van der Waals surface area contributed by atoms with Crippen molar-refractivity contribution in [2.45, 2.75) is 87.8 Å². The van der Waals surface area contributed by atoms with E-state index < -0.39 is 25.3 Å². The van der Waals surface area contributed by atoms with Gasteiger partial charge in [-0.2, -0.15) is 28.6 Å². The van der Waals surface area contributed by atoms with Gasteiger partial charge in [0.1, 0.15) is 5.75 Å². The number of halogens is 5. The third-order valence-electron chi connectivity index (χ3n) is 6.35. The fourth-order valence-corrected chi connectivity index (χ4v) is 9.52. The van der Waals surface area contributed by atoms with Crippen molar-refractivity contribution in [1.82, 2.24) is 0 Å². The quantitative estimate of drug-likeness (QED) is 0.274. The maximum atomic E-state index is 13.2. The van der Waals surface area contributed by atoms with Gasteiger partial charge in [0.2, 0.25) is 0 Å². The maximum Gasteiger partial charge on any atom is 0.499 e. The van der Waals surface area contributed by atoms with E-state index >= 15 is 0 Å². The van der Waals surface area contributed by atoms with E-state index in [-0.39, 0.29) is 0 Å². The smallest absolute Gasteiger partial charge is 0.426 e. The van der Waals surface area contributed by atoms with Gasteiger partial charge < -0.3 is 4.74 Å². The molecule has 0 N–H and O–H groups in total. The van der Waals surface area contributed by atoms with E-state index in [0.717, 1.165) is 31.0 Å². The molecule has 1 aromatic carbocycles. The van der Waals surface area contributed by atoms with Crippen LogP contribution in [0.3, 0.4) is 0 Å². The fourth-order valence-electron chi connectivity index (χ4n) is 4.80. The molecule has 2 saturated carbocycles. The Kier molecular flexibility index (Phi) is 6.58. The van der Waals surface area contributed by atoms with Gasteiger partial charge in [0.05, 0.1) is 5.30 Å². The van der Waals surface area contributed by atoms with Crippen molar-refractivity contribution in [3.63, 3.8) is 0 Å². The molecular formula is C21H28F5OP. The molecule has 0 spiro atoms. The highest BCUT2D eigenvalue weighted by Gasteiger charge is 2.61. The lowest BCUT2D eigenvalue weighted by molar-refractivity contribution is -0.360. The van der Waals surface area contributed by atoms with Crippen LogP contribution in [0.5, 0.6) is 5.75 Å². The van der Waals surface area contributed by atoms with Crippen LogP contribution >= 0.6 is 7.26 Å². The molecule has 158 valence electrons. The minimum absolute atomic E-state index is 0.468. The van der Waals surface area contributed by atoms with Crippen molar-refractivity contribution in [1.29, 1.82) is 0 Å². The molecule has 0 amide bonds. The first-order valence-corrected chi connectivity index (χ1v) is 12.2. The summed E-state index contributed by atoms with van der Waals surface area (Å²) >= 11 is 0. The predicted molar refractivity (Wildman–Crippen MR) is 104 cm³/mol. The molecule has 0 aliphatic heterocycles.